The van der Waals surface area contributed by atoms with Gasteiger partial charge in [-0.2, -0.15) is 0 Å². The molecule has 0 bridgehead atoms. The zero-order valence-corrected chi connectivity index (χ0v) is 11.5. The molecular weight excluding hydrogens is 246 g/mol. The molecule has 2 N–H and O–H groups in total. The maximum Gasteiger partial charge on any atom is 0.161 e. The molecule has 0 aliphatic carbocycles. The number of aryl methyl sites for hydroxylation is 1. The van der Waals surface area contributed by atoms with E-state index in [0.29, 0.717) is 22.6 Å². The van der Waals surface area contributed by atoms with Crippen molar-refractivity contribution in [2.75, 3.05) is 5.73 Å². The van der Waals surface area contributed by atoms with Crippen molar-refractivity contribution >= 4 is 17.4 Å². The van der Waals surface area contributed by atoms with Crippen LogP contribution in [-0.4, -0.2) is 9.97 Å². The van der Waals surface area contributed by atoms with Crippen molar-refractivity contribution in [2.24, 2.45) is 0 Å². The smallest absolute Gasteiger partial charge is 0.161 e. The molecule has 0 atom stereocenters. The van der Waals surface area contributed by atoms with Crippen LogP contribution >= 0.6 is 11.6 Å². The van der Waals surface area contributed by atoms with Gasteiger partial charge in [-0.25, -0.2) is 9.97 Å². The minimum absolute atomic E-state index is 0.315. The molecule has 0 saturated heterocycles. The van der Waals surface area contributed by atoms with Gasteiger partial charge in [0.1, 0.15) is 5.82 Å². The topological polar surface area (TPSA) is 51.8 Å². The van der Waals surface area contributed by atoms with Gasteiger partial charge in [0.05, 0.1) is 0 Å². The second kappa shape index (κ2) is 4.94. The first kappa shape index (κ1) is 12.8. The van der Waals surface area contributed by atoms with Gasteiger partial charge in [0.25, 0.3) is 0 Å². The summed E-state index contributed by atoms with van der Waals surface area (Å²) in [5, 5.41) is 0.713. The monoisotopic (exact) mass is 261 g/mol. The van der Waals surface area contributed by atoms with E-state index < -0.39 is 0 Å². The molecule has 4 heteroatoms. The van der Waals surface area contributed by atoms with Crippen LogP contribution in [0.4, 0.5) is 5.82 Å². The number of aromatic nitrogens is 2. The van der Waals surface area contributed by atoms with Crippen molar-refractivity contribution in [1.29, 1.82) is 0 Å². The Hall–Kier alpha value is -1.61. The van der Waals surface area contributed by atoms with E-state index in [4.69, 9.17) is 17.3 Å². The van der Waals surface area contributed by atoms with Crippen LogP contribution in [-0.2, 0) is 0 Å². The van der Waals surface area contributed by atoms with Crippen molar-refractivity contribution in [3.63, 3.8) is 0 Å². The fourth-order valence-corrected chi connectivity index (χ4v) is 1.82. The van der Waals surface area contributed by atoms with Gasteiger partial charge in [0.15, 0.2) is 5.82 Å². The summed E-state index contributed by atoms with van der Waals surface area (Å²) in [4.78, 5) is 8.79. The van der Waals surface area contributed by atoms with Crippen LogP contribution in [0.1, 0.15) is 31.0 Å². The molecule has 0 aliphatic rings. The molecule has 18 heavy (non-hydrogen) atoms. The van der Waals surface area contributed by atoms with Crippen molar-refractivity contribution in [2.45, 2.75) is 26.7 Å². The molecule has 0 amide bonds. The lowest BCUT2D eigenvalue weighted by atomic mass is 10.1. The second-order valence-corrected chi connectivity index (χ2v) is 5.07. The van der Waals surface area contributed by atoms with E-state index in [9.17, 15) is 0 Å². The molecule has 0 radical (unpaired) electrons. The Morgan fingerprint density at radius 1 is 1.17 bits per heavy atom. The molecular formula is C14H16ClN3. The first-order valence-electron chi connectivity index (χ1n) is 5.88. The zero-order chi connectivity index (χ0) is 13.3. The highest BCUT2D eigenvalue weighted by Gasteiger charge is 2.09. The van der Waals surface area contributed by atoms with Gasteiger partial charge < -0.3 is 5.73 Å². The number of nitrogen functional groups attached to an aromatic ring is 1. The number of anilines is 1. The molecule has 3 nitrogen and oxygen atoms in total. The van der Waals surface area contributed by atoms with Crippen LogP contribution in [0.15, 0.2) is 24.3 Å². The van der Waals surface area contributed by atoms with Gasteiger partial charge in [-0.1, -0.05) is 37.6 Å². The lowest BCUT2D eigenvalue weighted by Crippen LogP contribution is -2.01. The molecule has 0 unspecified atom stereocenters. The molecule has 94 valence electrons. The third-order valence-electron chi connectivity index (χ3n) is 2.79. The fourth-order valence-electron chi connectivity index (χ4n) is 1.64. The van der Waals surface area contributed by atoms with Crippen LogP contribution < -0.4 is 5.73 Å². The summed E-state index contributed by atoms with van der Waals surface area (Å²) in [7, 11) is 0. The summed E-state index contributed by atoms with van der Waals surface area (Å²) in [5.74, 6) is 1.43. The average molecular weight is 262 g/mol. The molecule has 0 fully saturated rings. The molecule has 0 spiro atoms. The highest BCUT2D eigenvalue weighted by molar-refractivity contribution is 6.31. The molecule has 1 aromatic carbocycles. The average Bonchev–Trinajstić information content (AvgIpc) is 2.31. The number of halogens is 1. The van der Waals surface area contributed by atoms with Gasteiger partial charge in [-0.3, -0.25) is 0 Å². The number of hydrogen-bond donors (Lipinski definition) is 1. The SMILES string of the molecule is Cc1ccc(-c2nc(N)cc(C(C)C)n2)cc1Cl. The van der Waals surface area contributed by atoms with Crippen LogP contribution in [0.5, 0.6) is 0 Å². The minimum Gasteiger partial charge on any atom is -0.384 e. The van der Waals surface area contributed by atoms with E-state index in [1.165, 1.54) is 0 Å². The van der Waals surface area contributed by atoms with Crippen molar-refractivity contribution in [3.8, 4) is 11.4 Å². The Labute approximate surface area is 112 Å². The van der Waals surface area contributed by atoms with Crippen LogP contribution in [0.25, 0.3) is 11.4 Å². The van der Waals surface area contributed by atoms with Crippen LogP contribution in [0, 0.1) is 6.92 Å². The zero-order valence-electron chi connectivity index (χ0n) is 10.7. The van der Waals surface area contributed by atoms with E-state index in [1.807, 2.05) is 31.2 Å². The van der Waals surface area contributed by atoms with Gasteiger partial charge in [0, 0.05) is 22.3 Å². The normalized spacial score (nSPS) is 10.9. The summed E-state index contributed by atoms with van der Waals surface area (Å²) in [6, 6.07) is 7.60. The number of nitrogens with zero attached hydrogens (tertiary/aromatic N) is 2. The van der Waals surface area contributed by atoms with Gasteiger partial charge >= 0.3 is 0 Å². The van der Waals surface area contributed by atoms with Crippen molar-refractivity contribution < 1.29 is 0 Å². The third kappa shape index (κ3) is 2.62. The van der Waals surface area contributed by atoms with E-state index in [0.717, 1.165) is 16.8 Å². The van der Waals surface area contributed by atoms with Gasteiger partial charge in [-0.05, 0) is 24.5 Å². The number of hydrogen-bond acceptors (Lipinski definition) is 3. The Morgan fingerprint density at radius 2 is 1.89 bits per heavy atom. The number of rotatable bonds is 2. The molecule has 0 aliphatic heterocycles. The molecule has 2 rings (SSSR count). The first-order valence-corrected chi connectivity index (χ1v) is 6.26. The van der Waals surface area contributed by atoms with E-state index in [2.05, 4.69) is 23.8 Å². The lowest BCUT2D eigenvalue weighted by Gasteiger charge is -2.09. The summed E-state index contributed by atoms with van der Waals surface area (Å²) >= 11 is 6.12. The van der Waals surface area contributed by atoms with E-state index in [-0.39, 0.29) is 0 Å². The van der Waals surface area contributed by atoms with Gasteiger partial charge in [-0.15, -0.1) is 0 Å². The summed E-state index contributed by atoms with van der Waals surface area (Å²) < 4.78 is 0. The van der Waals surface area contributed by atoms with E-state index >= 15 is 0 Å². The Bertz CT molecular complexity index is 579. The third-order valence-corrected chi connectivity index (χ3v) is 3.19. The number of benzene rings is 1. The molecule has 1 heterocycles. The summed E-state index contributed by atoms with van der Waals surface area (Å²) in [6.45, 7) is 6.12. The van der Waals surface area contributed by atoms with E-state index in [1.54, 1.807) is 0 Å². The lowest BCUT2D eigenvalue weighted by molar-refractivity contribution is 0.818. The van der Waals surface area contributed by atoms with Gasteiger partial charge in [0.2, 0.25) is 0 Å². The molecule has 2 aromatic rings. The highest BCUT2D eigenvalue weighted by Crippen LogP contribution is 2.25. The fraction of sp³-hybridized carbons (Fsp3) is 0.286. The molecule has 1 aromatic heterocycles. The predicted octanol–water partition coefficient (Wildman–Crippen LogP) is 3.81. The maximum atomic E-state index is 6.12. The molecule has 0 saturated carbocycles. The summed E-state index contributed by atoms with van der Waals surface area (Å²) in [6.07, 6.45) is 0. The minimum atomic E-state index is 0.315. The largest absolute Gasteiger partial charge is 0.384 e. The van der Waals surface area contributed by atoms with Crippen molar-refractivity contribution in [3.05, 3.63) is 40.5 Å². The Balaban J connectivity index is 2.53. The van der Waals surface area contributed by atoms with Crippen molar-refractivity contribution in [1.82, 2.24) is 9.97 Å². The second-order valence-electron chi connectivity index (χ2n) is 4.66. The van der Waals surface area contributed by atoms with Crippen LogP contribution in [0.2, 0.25) is 5.02 Å². The quantitative estimate of drug-likeness (QED) is 0.894. The first-order chi connectivity index (χ1) is 8.47. The van der Waals surface area contributed by atoms with Crippen LogP contribution in [0.3, 0.4) is 0 Å². The predicted molar refractivity (Wildman–Crippen MR) is 75.7 cm³/mol. The number of nitrogens with two attached hydrogens (primary N) is 1. The maximum absolute atomic E-state index is 6.12. The highest BCUT2D eigenvalue weighted by atomic mass is 35.5. The summed E-state index contributed by atoms with van der Waals surface area (Å²) in [5.41, 5.74) is 8.68. The standard InChI is InChI=1S/C14H16ClN3/c1-8(2)12-7-13(16)18-14(17-12)10-5-4-9(3)11(15)6-10/h4-8H,1-3H3,(H2,16,17,18). The Morgan fingerprint density at radius 3 is 2.50 bits per heavy atom. The Kier molecular flexibility index (Phi) is 3.53.